The standard InChI is InChI=1S/C8H11N3O3/c12-6(13)4-11-8(14)9-7(10-11)5-2-1-3-5/h5H,1-4H2,(H,12,13)(H,9,10,14). The Morgan fingerprint density at radius 3 is 2.86 bits per heavy atom. The number of nitrogens with one attached hydrogen (secondary N) is 1. The van der Waals surface area contributed by atoms with Crippen LogP contribution in [0.5, 0.6) is 0 Å². The molecule has 14 heavy (non-hydrogen) atoms. The lowest BCUT2D eigenvalue weighted by atomic mass is 9.85. The first-order valence-corrected chi connectivity index (χ1v) is 4.55. The Morgan fingerprint density at radius 2 is 2.36 bits per heavy atom. The van der Waals surface area contributed by atoms with Crippen molar-refractivity contribution in [2.75, 3.05) is 0 Å². The van der Waals surface area contributed by atoms with Crippen LogP contribution in [0.3, 0.4) is 0 Å². The third kappa shape index (κ3) is 1.55. The van der Waals surface area contributed by atoms with Crippen LogP contribution in [0.15, 0.2) is 4.79 Å². The molecule has 1 fully saturated rings. The van der Waals surface area contributed by atoms with Crippen molar-refractivity contribution >= 4 is 5.97 Å². The van der Waals surface area contributed by atoms with E-state index in [4.69, 9.17) is 5.11 Å². The summed E-state index contributed by atoms with van der Waals surface area (Å²) in [5.74, 6) is -0.112. The Kier molecular flexibility index (Phi) is 2.11. The first kappa shape index (κ1) is 8.98. The van der Waals surface area contributed by atoms with Crippen LogP contribution in [0.2, 0.25) is 0 Å². The van der Waals surface area contributed by atoms with Crippen molar-refractivity contribution in [1.29, 1.82) is 0 Å². The van der Waals surface area contributed by atoms with Gasteiger partial charge in [0, 0.05) is 5.92 Å². The maximum absolute atomic E-state index is 11.2. The first-order valence-electron chi connectivity index (χ1n) is 4.55. The molecular weight excluding hydrogens is 186 g/mol. The molecule has 0 atom stereocenters. The van der Waals surface area contributed by atoms with E-state index in [0.29, 0.717) is 11.7 Å². The highest BCUT2D eigenvalue weighted by molar-refractivity contribution is 5.66. The second-order valence-corrected chi connectivity index (χ2v) is 3.49. The second kappa shape index (κ2) is 3.28. The summed E-state index contributed by atoms with van der Waals surface area (Å²) in [6.07, 6.45) is 3.21. The monoisotopic (exact) mass is 197 g/mol. The number of aliphatic carboxylic acids is 1. The first-order chi connectivity index (χ1) is 6.66. The number of carbonyl (C=O) groups is 1. The van der Waals surface area contributed by atoms with Gasteiger partial charge in [0.1, 0.15) is 12.4 Å². The number of aromatic nitrogens is 3. The highest BCUT2D eigenvalue weighted by atomic mass is 16.4. The van der Waals surface area contributed by atoms with E-state index in [9.17, 15) is 9.59 Å². The molecule has 6 nitrogen and oxygen atoms in total. The van der Waals surface area contributed by atoms with Gasteiger partial charge in [0.25, 0.3) is 0 Å². The molecular formula is C8H11N3O3. The van der Waals surface area contributed by atoms with Crippen LogP contribution in [0.25, 0.3) is 0 Å². The van der Waals surface area contributed by atoms with Crippen LogP contribution >= 0.6 is 0 Å². The van der Waals surface area contributed by atoms with Crippen molar-refractivity contribution in [2.45, 2.75) is 31.7 Å². The molecule has 1 aromatic rings. The van der Waals surface area contributed by atoms with Gasteiger partial charge in [-0.05, 0) is 12.8 Å². The molecule has 0 saturated heterocycles. The van der Waals surface area contributed by atoms with Gasteiger partial charge < -0.3 is 5.11 Å². The maximum Gasteiger partial charge on any atom is 0.343 e. The van der Waals surface area contributed by atoms with Crippen molar-refractivity contribution < 1.29 is 9.90 Å². The van der Waals surface area contributed by atoms with Crippen LogP contribution in [0.4, 0.5) is 0 Å². The number of hydrogen-bond acceptors (Lipinski definition) is 3. The second-order valence-electron chi connectivity index (χ2n) is 3.49. The smallest absolute Gasteiger partial charge is 0.343 e. The van der Waals surface area contributed by atoms with Gasteiger partial charge in [-0.25, -0.2) is 9.48 Å². The number of aromatic amines is 1. The summed E-state index contributed by atoms with van der Waals surface area (Å²) < 4.78 is 0.954. The van der Waals surface area contributed by atoms with Crippen LogP contribution in [-0.2, 0) is 11.3 Å². The maximum atomic E-state index is 11.2. The number of carboxylic acids is 1. The van der Waals surface area contributed by atoms with E-state index < -0.39 is 11.7 Å². The van der Waals surface area contributed by atoms with Gasteiger partial charge in [0.15, 0.2) is 0 Å². The highest BCUT2D eigenvalue weighted by Crippen LogP contribution is 2.33. The van der Waals surface area contributed by atoms with E-state index >= 15 is 0 Å². The Morgan fingerprint density at radius 1 is 1.64 bits per heavy atom. The third-order valence-corrected chi connectivity index (χ3v) is 2.47. The zero-order chi connectivity index (χ0) is 10.1. The minimum Gasteiger partial charge on any atom is -0.480 e. The molecule has 0 aliphatic heterocycles. The fraction of sp³-hybridized carbons (Fsp3) is 0.625. The molecule has 0 bridgehead atoms. The Balaban J connectivity index is 2.20. The van der Waals surface area contributed by atoms with Crippen LogP contribution in [0.1, 0.15) is 31.0 Å². The average molecular weight is 197 g/mol. The number of hydrogen-bond donors (Lipinski definition) is 2. The fourth-order valence-electron chi connectivity index (χ4n) is 1.48. The molecule has 0 unspecified atom stereocenters. The van der Waals surface area contributed by atoms with Crippen molar-refractivity contribution in [1.82, 2.24) is 14.8 Å². The van der Waals surface area contributed by atoms with E-state index in [2.05, 4.69) is 10.1 Å². The number of nitrogens with zero attached hydrogens (tertiary/aromatic N) is 2. The summed E-state index contributed by atoms with van der Waals surface area (Å²) in [7, 11) is 0. The quantitative estimate of drug-likeness (QED) is 0.709. The largest absolute Gasteiger partial charge is 0.480 e. The predicted molar refractivity (Wildman–Crippen MR) is 47.1 cm³/mol. The number of H-pyrrole nitrogens is 1. The van der Waals surface area contributed by atoms with Crippen LogP contribution < -0.4 is 5.69 Å². The molecule has 76 valence electrons. The molecule has 2 rings (SSSR count). The summed E-state index contributed by atoms with van der Waals surface area (Å²) in [6, 6.07) is 0. The number of carboxylic acid groups (broad SMARTS) is 1. The van der Waals surface area contributed by atoms with Crippen LogP contribution in [-0.4, -0.2) is 25.8 Å². The van der Waals surface area contributed by atoms with Gasteiger partial charge >= 0.3 is 11.7 Å². The average Bonchev–Trinajstić information content (AvgIpc) is 2.27. The zero-order valence-electron chi connectivity index (χ0n) is 7.56. The SMILES string of the molecule is O=C(O)Cn1nc(C2CCC2)[nH]c1=O. The van der Waals surface area contributed by atoms with Gasteiger partial charge in [-0.1, -0.05) is 6.42 Å². The molecule has 6 heteroatoms. The van der Waals surface area contributed by atoms with Gasteiger partial charge in [0.2, 0.25) is 0 Å². The summed E-state index contributed by atoms with van der Waals surface area (Å²) in [5.41, 5.74) is -0.436. The van der Waals surface area contributed by atoms with E-state index in [1.807, 2.05) is 0 Å². The van der Waals surface area contributed by atoms with E-state index in [1.54, 1.807) is 0 Å². The normalized spacial score (nSPS) is 16.6. The molecule has 1 aliphatic carbocycles. The topological polar surface area (TPSA) is 88.0 Å². The molecule has 0 amide bonds. The van der Waals surface area contributed by atoms with E-state index in [0.717, 1.165) is 23.9 Å². The molecule has 0 aromatic carbocycles. The van der Waals surface area contributed by atoms with Gasteiger partial charge in [0.05, 0.1) is 0 Å². The minimum atomic E-state index is -1.06. The Hall–Kier alpha value is -1.59. The lowest BCUT2D eigenvalue weighted by Gasteiger charge is -2.21. The van der Waals surface area contributed by atoms with Crippen molar-refractivity contribution in [3.05, 3.63) is 16.3 Å². The van der Waals surface area contributed by atoms with E-state index in [1.165, 1.54) is 0 Å². The molecule has 0 radical (unpaired) electrons. The lowest BCUT2D eigenvalue weighted by molar-refractivity contribution is -0.137. The Labute approximate surface area is 79.6 Å². The van der Waals surface area contributed by atoms with Crippen molar-refractivity contribution in [3.63, 3.8) is 0 Å². The summed E-state index contributed by atoms with van der Waals surface area (Å²) >= 11 is 0. The molecule has 1 aliphatic rings. The van der Waals surface area contributed by atoms with Crippen molar-refractivity contribution in [3.8, 4) is 0 Å². The fourth-order valence-corrected chi connectivity index (χ4v) is 1.48. The molecule has 0 spiro atoms. The molecule has 1 heterocycles. The third-order valence-electron chi connectivity index (χ3n) is 2.47. The number of rotatable bonds is 3. The van der Waals surface area contributed by atoms with Gasteiger partial charge in [-0.2, -0.15) is 5.10 Å². The highest BCUT2D eigenvalue weighted by Gasteiger charge is 2.23. The van der Waals surface area contributed by atoms with Crippen LogP contribution in [0, 0.1) is 0 Å². The van der Waals surface area contributed by atoms with Gasteiger partial charge in [-0.15, -0.1) is 0 Å². The predicted octanol–water partition coefficient (Wildman–Crippen LogP) is -0.0765. The minimum absolute atomic E-state index is 0.317. The molecule has 1 saturated carbocycles. The Bertz CT molecular complexity index is 402. The van der Waals surface area contributed by atoms with Crippen molar-refractivity contribution in [2.24, 2.45) is 0 Å². The zero-order valence-corrected chi connectivity index (χ0v) is 7.56. The summed E-state index contributed by atoms with van der Waals surface area (Å²) in [4.78, 5) is 24.2. The summed E-state index contributed by atoms with van der Waals surface area (Å²) in [5, 5.41) is 12.4. The lowest BCUT2D eigenvalue weighted by Crippen LogP contribution is -2.22. The molecule has 2 N–H and O–H groups in total. The molecule has 1 aromatic heterocycles. The van der Waals surface area contributed by atoms with Gasteiger partial charge in [-0.3, -0.25) is 9.78 Å². The van der Waals surface area contributed by atoms with E-state index in [-0.39, 0.29) is 6.54 Å². The summed E-state index contributed by atoms with van der Waals surface area (Å²) in [6.45, 7) is -0.373.